The van der Waals surface area contributed by atoms with Gasteiger partial charge in [0.05, 0.1) is 12.2 Å². The Balaban J connectivity index is 1.42. The maximum absolute atomic E-state index is 9.00. The SMILES string of the molecule is CC1CCC(C2CNC(C3CCC(C#N)CC3)NC2)CC1. The van der Waals surface area contributed by atoms with Crippen molar-refractivity contribution in [2.45, 2.75) is 64.5 Å². The van der Waals surface area contributed by atoms with Crippen molar-refractivity contribution in [1.82, 2.24) is 10.6 Å². The van der Waals surface area contributed by atoms with E-state index in [0.717, 1.165) is 36.5 Å². The highest BCUT2D eigenvalue weighted by Crippen LogP contribution is 2.35. The quantitative estimate of drug-likeness (QED) is 0.820. The molecule has 3 nitrogen and oxygen atoms in total. The summed E-state index contributed by atoms with van der Waals surface area (Å²) in [5.41, 5.74) is 0. The molecule has 0 amide bonds. The molecular weight excluding hydrogens is 258 g/mol. The Bertz CT molecular complexity index is 351. The highest BCUT2D eigenvalue weighted by atomic mass is 15.2. The smallest absolute Gasteiger partial charge is 0.0655 e. The van der Waals surface area contributed by atoms with Crippen LogP contribution in [0.4, 0.5) is 0 Å². The molecule has 0 spiro atoms. The van der Waals surface area contributed by atoms with Crippen molar-refractivity contribution in [3.05, 3.63) is 0 Å². The maximum atomic E-state index is 9.00. The van der Waals surface area contributed by atoms with E-state index >= 15 is 0 Å². The molecular formula is C18H31N3. The zero-order valence-corrected chi connectivity index (χ0v) is 13.5. The van der Waals surface area contributed by atoms with Crippen LogP contribution >= 0.6 is 0 Å². The number of hydrogen-bond acceptors (Lipinski definition) is 3. The van der Waals surface area contributed by atoms with Crippen LogP contribution < -0.4 is 10.6 Å². The molecule has 3 fully saturated rings. The van der Waals surface area contributed by atoms with Gasteiger partial charge >= 0.3 is 0 Å². The predicted octanol–water partition coefficient (Wildman–Crippen LogP) is 3.28. The Hall–Kier alpha value is -0.590. The van der Waals surface area contributed by atoms with E-state index in [1.807, 2.05) is 0 Å². The van der Waals surface area contributed by atoms with Crippen molar-refractivity contribution in [1.29, 1.82) is 5.26 Å². The number of nitriles is 1. The summed E-state index contributed by atoms with van der Waals surface area (Å²) >= 11 is 0. The molecule has 118 valence electrons. The average molecular weight is 289 g/mol. The van der Waals surface area contributed by atoms with Crippen LogP contribution in [0.5, 0.6) is 0 Å². The first-order valence-corrected chi connectivity index (χ1v) is 9.12. The molecule has 0 aromatic heterocycles. The van der Waals surface area contributed by atoms with Gasteiger partial charge in [0.25, 0.3) is 0 Å². The largest absolute Gasteiger partial charge is 0.301 e. The van der Waals surface area contributed by atoms with Gasteiger partial charge in [-0.3, -0.25) is 0 Å². The summed E-state index contributed by atoms with van der Waals surface area (Å²) in [6, 6.07) is 2.44. The summed E-state index contributed by atoms with van der Waals surface area (Å²) < 4.78 is 0. The number of nitrogens with zero attached hydrogens (tertiary/aromatic N) is 1. The van der Waals surface area contributed by atoms with E-state index in [2.05, 4.69) is 23.6 Å². The molecule has 3 aliphatic rings. The van der Waals surface area contributed by atoms with Crippen LogP contribution in [-0.2, 0) is 0 Å². The van der Waals surface area contributed by atoms with Gasteiger partial charge in [-0.05, 0) is 62.2 Å². The third kappa shape index (κ3) is 3.79. The minimum Gasteiger partial charge on any atom is -0.301 e. The lowest BCUT2D eigenvalue weighted by Crippen LogP contribution is -2.58. The molecule has 21 heavy (non-hydrogen) atoms. The summed E-state index contributed by atoms with van der Waals surface area (Å²) in [6.07, 6.45) is 10.9. The van der Waals surface area contributed by atoms with Crippen LogP contribution in [0.1, 0.15) is 58.3 Å². The molecule has 3 heteroatoms. The maximum Gasteiger partial charge on any atom is 0.0655 e. The summed E-state index contributed by atoms with van der Waals surface area (Å²) in [6.45, 7) is 4.81. The lowest BCUT2D eigenvalue weighted by atomic mass is 9.75. The molecule has 0 unspecified atom stereocenters. The Labute approximate surface area is 129 Å². The second kappa shape index (κ2) is 7.11. The molecule has 0 bridgehead atoms. The van der Waals surface area contributed by atoms with Crippen molar-refractivity contribution in [2.24, 2.45) is 29.6 Å². The first kappa shape index (κ1) is 15.3. The Morgan fingerprint density at radius 1 is 0.762 bits per heavy atom. The molecule has 1 saturated heterocycles. The summed E-state index contributed by atoms with van der Waals surface area (Å²) in [5.74, 6) is 3.79. The van der Waals surface area contributed by atoms with Gasteiger partial charge < -0.3 is 10.6 Å². The zero-order chi connectivity index (χ0) is 14.7. The predicted molar refractivity (Wildman–Crippen MR) is 85.5 cm³/mol. The van der Waals surface area contributed by atoms with Gasteiger partial charge in [0, 0.05) is 19.0 Å². The number of hydrogen-bond donors (Lipinski definition) is 2. The average Bonchev–Trinajstić information content (AvgIpc) is 2.56. The lowest BCUT2D eigenvalue weighted by molar-refractivity contribution is 0.129. The van der Waals surface area contributed by atoms with Crippen molar-refractivity contribution >= 4 is 0 Å². The van der Waals surface area contributed by atoms with Crippen LogP contribution in [0.2, 0.25) is 0 Å². The normalized spacial score (nSPS) is 45.0. The van der Waals surface area contributed by atoms with Crippen LogP contribution in [0.25, 0.3) is 0 Å². The highest BCUT2D eigenvalue weighted by molar-refractivity contribution is 4.92. The second-order valence-electron chi connectivity index (χ2n) is 7.82. The molecule has 1 aliphatic heterocycles. The molecule has 0 radical (unpaired) electrons. The third-order valence-corrected chi connectivity index (χ3v) is 6.35. The molecule has 2 N–H and O–H groups in total. The number of nitrogens with one attached hydrogen (secondary N) is 2. The molecule has 0 atom stereocenters. The molecule has 3 rings (SSSR count). The third-order valence-electron chi connectivity index (χ3n) is 6.35. The molecule has 0 aromatic rings. The topological polar surface area (TPSA) is 47.9 Å². The van der Waals surface area contributed by atoms with Crippen LogP contribution in [0.15, 0.2) is 0 Å². The highest BCUT2D eigenvalue weighted by Gasteiger charge is 2.33. The van der Waals surface area contributed by atoms with E-state index in [-0.39, 0.29) is 0 Å². The second-order valence-corrected chi connectivity index (χ2v) is 7.82. The fourth-order valence-corrected chi connectivity index (χ4v) is 4.71. The Morgan fingerprint density at radius 3 is 1.90 bits per heavy atom. The standard InChI is InChI=1S/C18H31N3/c1-13-2-6-15(7-3-13)17-11-20-18(21-12-17)16-8-4-14(10-19)5-9-16/h13-18,20-21H,2-9,11-12H2,1H3. The van der Waals surface area contributed by atoms with Crippen molar-refractivity contribution < 1.29 is 0 Å². The van der Waals surface area contributed by atoms with E-state index in [9.17, 15) is 0 Å². The van der Waals surface area contributed by atoms with Crippen LogP contribution in [0.3, 0.4) is 0 Å². The van der Waals surface area contributed by atoms with Crippen molar-refractivity contribution in [3.8, 4) is 6.07 Å². The Kier molecular flexibility index (Phi) is 5.19. The van der Waals surface area contributed by atoms with E-state index < -0.39 is 0 Å². The monoisotopic (exact) mass is 289 g/mol. The molecule has 2 aliphatic carbocycles. The summed E-state index contributed by atoms with van der Waals surface area (Å²) in [4.78, 5) is 0. The lowest BCUT2D eigenvalue weighted by Gasteiger charge is -2.42. The minimum atomic E-state index is 0.321. The van der Waals surface area contributed by atoms with Gasteiger partial charge in [0.15, 0.2) is 0 Å². The van der Waals surface area contributed by atoms with Gasteiger partial charge in [0.1, 0.15) is 0 Å². The number of rotatable bonds is 2. The van der Waals surface area contributed by atoms with Gasteiger partial charge in [-0.15, -0.1) is 0 Å². The van der Waals surface area contributed by atoms with E-state index in [1.165, 1.54) is 51.6 Å². The van der Waals surface area contributed by atoms with E-state index in [0.29, 0.717) is 12.1 Å². The summed E-state index contributed by atoms with van der Waals surface area (Å²) in [7, 11) is 0. The van der Waals surface area contributed by atoms with E-state index in [1.54, 1.807) is 0 Å². The van der Waals surface area contributed by atoms with E-state index in [4.69, 9.17) is 5.26 Å². The van der Waals surface area contributed by atoms with Gasteiger partial charge in [-0.2, -0.15) is 5.26 Å². The van der Waals surface area contributed by atoms with Crippen molar-refractivity contribution in [2.75, 3.05) is 13.1 Å². The van der Waals surface area contributed by atoms with Crippen LogP contribution in [0, 0.1) is 40.9 Å². The van der Waals surface area contributed by atoms with Crippen molar-refractivity contribution in [3.63, 3.8) is 0 Å². The summed E-state index contributed by atoms with van der Waals surface area (Å²) in [5, 5.41) is 16.6. The first-order valence-electron chi connectivity index (χ1n) is 9.12. The van der Waals surface area contributed by atoms with Gasteiger partial charge in [-0.1, -0.05) is 19.8 Å². The van der Waals surface area contributed by atoms with Gasteiger partial charge in [0.2, 0.25) is 0 Å². The van der Waals surface area contributed by atoms with Gasteiger partial charge in [-0.25, -0.2) is 0 Å². The molecule has 1 heterocycles. The first-order chi connectivity index (χ1) is 10.3. The van der Waals surface area contributed by atoms with Crippen LogP contribution in [-0.4, -0.2) is 19.3 Å². The molecule has 2 saturated carbocycles. The fourth-order valence-electron chi connectivity index (χ4n) is 4.71. The minimum absolute atomic E-state index is 0.321. The fraction of sp³-hybridized carbons (Fsp3) is 0.944. The Morgan fingerprint density at radius 2 is 1.33 bits per heavy atom. The molecule has 0 aromatic carbocycles. The zero-order valence-electron chi connectivity index (χ0n) is 13.5.